The maximum atomic E-state index is 13.0. The van der Waals surface area contributed by atoms with E-state index in [1.54, 1.807) is 17.0 Å². The lowest BCUT2D eigenvalue weighted by Crippen LogP contribution is -2.41. The fourth-order valence-corrected chi connectivity index (χ4v) is 4.86. The first-order valence-electron chi connectivity index (χ1n) is 10.1. The molecule has 0 aliphatic carbocycles. The smallest absolute Gasteiger partial charge is 0.289 e. The molecule has 0 bridgehead atoms. The Morgan fingerprint density at radius 2 is 1.93 bits per heavy atom. The summed E-state index contributed by atoms with van der Waals surface area (Å²) in [4.78, 5) is 36.1. The van der Waals surface area contributed by atoms with Crippen molar-refractivity contribution < 1.29 is 9.59 Å². The Hall–Kier alpha value is -2.67. The molecule has 2 fully saturated rings. The first-order chi connectivity index (χ1) is 13.9. The molecule has 2 saturated heterocycles. The molecule has 0 unspecified atom stereocenters. The van der Waals surface area contributed by atoms with Gasteiger partial charge in [-0.05, 0) is 32.1 Å². The van der Waals surface area contributed by atoms with E-state index in [4.69, 9.17) is 0 Å². The Morgan fingerprint density at radius 1 is 1.17 bits per heavy atom. The molecule has 2 aliphatic rings. The third-order valence-electron chi connectivity index (χ3n) is 6.24. The lowest BCUT2D eigenvalue weighted by molar-refractivity contribution is -0.133. The van der Waals surface area contributed by atoms with Gasteiger partial charge in [0.05, 0.1) is 12.6 Å². The van der Waals surface area contributed by atoms with Crippen LogP contribution >= 0.6 is 0 Å². The molecule has 2 aromatic rings. The van der Waals surface area contributed by atoms with Gasteiger partial charge >= 0.3 is 0 Å². The number of nitrogens with zero attached hydrogens (tertiary/aromatic N) is 5. The maximum absolute atomic E-state index is 13.0. The first kappa shape index (κ1) is 19.6. The highest BCUT2D eigenvalue weighted by molar-refractivity contribution is 5.91. The van der Waals surface area contributed by atoms with E-state index in [-0.39, 0.29) is 29.7 Å². The number of hydrogen-bond donors (Lipinski definition) is 0. The second kappa shape index (κ2) is 7.63. The molecule has 3 heterocycles. The fraction of sp³-hybridized carbons (Fsp3) is 0.500. The number of rotatable bonds is 4. The van der Waals surface area contributed by atoms with Crippen molar-refractivity contribution in [2.45, 2.75) is 13.0 Å². The molecule has 0 saturated carbocycles. The minimum atomic E-state index is -0.0263. The number of benzene rings is 1. The van der Waals surface area contributed by atoms with E-state index in [9.17, 15) is 9.59 Å². The van der Waals surface area contributed by atoms with Crippen LogP contribution in [0, 0.1) is 18.8 Å². The Balaban J connectivity index is 1.62. The van der Waals surface area contributed by atoms with E-state index in [0.29, 0.717) is 32.0 Å². The van der Waals surface area contributed by atoms with Crippen molar-refractivity contribution >= 4 is 11.8 Å². The van der Waals surface area contributed by atoms with Crippen LogP contribution in [0.25, 0.3) is 0 Å². The second-order valence-electron chi connectivity index (χ2n) is 8.58. The summed E-state index contributed by atoms with van der Waals surface area (Å²) in [6.45, 7) is 4.52. The Labute approximate surface area is 171 Å². The lowest BCUT2D eigenvalue weighted by atomic mass is 9.87. The van der Waals surface area contributed by atoms with Gasteiger partial charge in [-0.15, -0.1) is 0 Å². The molecule has 29 heavy (non-hydrogen) atoms. The topological polar surface area (TPSA) is 61.7 Å². The van der Waals surface area contributed by atoms with Gasteiger partial charge in [-0.2, -0.15) is 0 Å². The summed E-state index contributed by atoms with van der Waals surface area (Å²) < 4.78 is 1.77. The summed E-state index contributed by atoms with van der Waals surface area (Å²) >= 11 is 0. The maximum Gasteiger partial charge on any atom is 0.289 e. The summed E-state index contributed by atoms with van der Waals surface area (Å²) in [5, 5.41) is 0. The van der Waals surface area contributed by atoms with Crippen LogP contribution in [0.2, 0.25) is 0 Å². The molecule has 0 spiro atoms. The van der Waals surface area contributed by atoms with Crippen molar-refractivity contribution in [2.75, 3.05) is 40.3 Å². The number of likely N-dealkylation sites (N-methyl/N-ethyl adjacent to an activating group) is 1. The van der Waals surface area contributed by atoms with Crippen molar-refractivity contribution in [1.82, 2.24) is 24.3 Å². The molecule has 3 atom stereocenters. The van der Waals surface area contributed by atoms with E-state index in [1.165, 1.54) is 11.1 Å². The molecule has 7 nitrogen and oxygen atoms in total. The largest absolute Gasteiger partial charge is 0.335 e. The third kappa shape index (κ3) is 3.55. The zero-order valence-electron chi connectivity index (χ0n) is 17.6. The zero-order valence-corrected chi connectivity index (χ0v) is 17.6. The number of carbonyl (C=O) groups excluding carboxylic acids is 2. The number of aromatic nitrogens is 2. The SMILES string of the molecule is Cc1ccccc1[C@H]1[C@@H]2CN(C(=O)c3nccn3C)C[C@@H]2CN1C(=O)CN(C)C. The van der Waals surface area contributed by atoms with Gasteiger partial charge in [-0.3, -0.25) is 9.59 Å². The number of hydrogen-bond acceptors (Lipinski definition) is 4. The van der Waals surface area contributed by atoms with Gasteiger partial charge in [-0.1, -0.05) is 24.3 Å². The average molecular weight is 396 g/mol. The minimum absolute atomic E-state index is 0.00724. The highest BCUT2D eigenvalue weighted by atomic mass is 16.2. The van der Waals surface area contributed by atoms with E-state index < -0.39 is 0 Å². The van der Waals surface area contributed by atoms with Gasteiger partial charge < -0.3 is 19.3 Å². The van der Waals surface area contributed by atoms with Crippen LogP contribution in [0.4, 0.5) is 0 Å². The molecule has 1 aromatic carbocycles. The van der Waals surface area contributed by atoms with E-state index in [0.717, 1.165) is 0 Å². The van der Waals surface area contributed by atoms with Crippen LogP contribution in [-0.4, -0.2) is 76.3 Å². The van der Waals surface area contributed by atoms with Crippen LogP contribution in [0.5, 0.6) is 0 Å². The zero-order chi connectivity index (χ0) is 20.7. The Bertz CT molecular complexity index is 921. The van der Waals surface area contributed by atoms with Crippen LogP contribution in [0.1, 0.15) is 27.8 Å². The van der Waals surface area contributed by atoms with Gasteiger partial charge in [0.15, 0.2) is 5.82 Å². The lowest BCUT2D eigenvalue weighted by Gasteiger charge is -2.31. The molecule has 0 N–H and O–H groups in total. The van der Waals surface area contributed by atoms with Crippen molar-refractivity contribution in [3.63, 3.8) is 0 Å². The van der Waals surface area contributed by atoms with Gasteiger partial charge in [0.2, 0.25) is 5.91 Å². The van der Waals surface area contributed by atoms with Gasteiger partial charge in [0, 0.05) is 50.9 Å². The molecule has 1 aromatic heterocycles. The summed E-state index contributed by atoms with van der Waals surface area (Å²) in [5.41, 5.74) is 2.38. The van der Waals surface area contributed by atoms with Gasteiger partial charge in [-0.25, -0.2) is 4.98 Å². The van der Waals surface area contributed by atoms with Gasteiger partial charge in [0.1, 0.15) is 0 Å². The van der Waals surface area contributed by atoms with Crippen molar-refractivity contribution in [3.8, 4) is 0 Å². The molecule has 2 amide bonds. The minimum Gasteiger partial charge on any atom is -0.335 e. The Morgan fingerprint density at radius 3 is 2.59 bits per heavy atom. The van der Waals surface area contributed by atoms with Crippen LogP contribution in [-0.2, 0) is 11.8 Å². The quantitative estimate of drug-likeness (QED) is 0.788. The normalized spacial score (nSPS) is 23.7. The van der Waals surface area contributed by atoms with Crippen molar-refractivity contribution in [3.05, 3.63) is 53.6 Å². The summed E-state index contributed by atoms with van der Waals surface area (Å²) in [6.07, 6.45) is 3.45. The summed E-state index contributed by atoms with van der Waals surface area (Å²) in [7, 11) is 5.69. The molecular formula is C22H29N5O2. The van der Waals surface area contributed by atoms with Crippen LogP contribution in [0.3, 0.4) is 0 Å². The highest BCUT2D eigenvalue weighted by Crippen LogP contribution is 2.46. The summed E-state index contributed by atoms with van der Waals surface area (Å²) in [6, 6.07) is 8.30. The van der Waals surface area contributed by atoms with E-state index in [1.807, 2.05) is 48.0 Å². The predicted molar refractivity (Wildman–Crippen MR) is 110 cm³/mol. The van der Waals surface area contributed by atoms with Gasteiger partial charge in [0.25, 0.3) is 5.91 Å². The molecule has 154 valence electrons. The first-order valence-corrected chi connectivity index (χ1v) is 10.1. The average Bonchev–Trinajstić information content (AvgIpc) is 3.35. The van der Waals surface area contributed by atoms with Crippen LogP contribution < -0.4 is 0 Å². The Kier molecular flexibility index (Phi) is 5.17. The monoisotopic (exact) mass is 395 g/mol. The number of carbonyl (C=O) groups is 2. The number of amides is 2. The number of likely N-dealkylation sites (tertiary alicyclic amines) is 2. The number of imidazole rings is 1. The van der Waals surface area contributed by atoms with E-state index >= 15 is 0 Å². The second-order valence-corrected chi connectivity index (χ2v) is 8.58. The van der Waals surface area contributed by atoms with E-state index in [2.05, 4.69) is 24.0 Å². The molecule has 0 radical (unpaired) electrons. The molecular weight excluding hydrogens is 366 g/mol. The number of aryl methyl sites for hydroxylation is 2. The summed E-state index contributed by atoms with van der Waals surface area (Å²) in [5.74, 6) is 1.13. The molecule has 7 heteroatoms. The number of fused-ring (bicyclic) bond motifs is 1. The molecule has 2 aliphatic heterocycles. The van der Waals surface area contributed by atoms with Crippen LogP contribution in [0.15, 0.2) is 36.7 Å². The van der Waals surface area contributed by atoms with Crippen molar-refractivity contribution in [2.24, 2.45) is 18.9 Å². The fourth-order valence-electron chi connectivity index (χ4n) is 4.86. The predicted octanol–water partition coefficient (Wildman–Crippen LogP) is 1.56. The standard InChI is InChI=1S/C22H29N5O2/c1-15-7-5-6-8-17(15)20-18-13-26(22(29)21-23-9-10-25(21)4)11-16(18)12-27(20)19(28)14-24(2)3/h5-10,16,18,20H,11-14H2,1-4H3/t16-,18-,20+/m1/s1. The van der Waals surface area contributed by atoms with Crippen molar-refractivity contribution in [1.29, 1.82) is 0 Å². The highest BCUT2D eigenvalue weighted by Gasteiger charge is 2.50. The molecule has 4 rings (SSSR count). The third-order valence-corrected chi connectivity index (χ3v) is 6.24.